The maximum Gasteiger partial charge on any atom is 0.276 e. The Labute approximate surface area is 208 Å². The van der Waals surface area contributed by atoms with Gasteiger partial charge in [0, 0.05) is 31.6 Å². The van der Waals surface area contributed by atoms with E-state index in [0.29, 0.717) is 28.8 Å². The van der Waals surface area contributed by atoms with Crippen molar-refractivity contribution in [2.45, 2.75) is 57.5 Å². The van der Waals surface area contributed by atoms with Crippen LogP contribution in [0.2, 0.25) is 0 Å². The lowest BCUT2D eigenvalue weighted by Gasteiger charge is -2.33. The topological polar surface area (TPSA) is 118 Å². The number of nitrogens with one attached hydrogen (secondary N) is 1. The van der Waals surface area contributed by atoms with E-state index in [2.05, 4.69) is 15.6 Å². The lowest BCUT2D eigenvalue weighted by Crippen LogP contribution is -2.52. The van der Waals surface area contributed by atoms with Gasteiger partial charge in [0.2, 0.25) is 11.8 Å². The molecule has 1 N–H and O–H groups in total. The molecule has 3 aliphatic heterocycles. The highest BCUT2D eigenvalue weighted by atomic mass is 16.2. The molecular weight excluding hydrogens is 460 g/mol. The van der Waals surface area contributed by atoms with Gasteiger partial charge in [-0.2, -0.15) is 0 Å². The molecule has 2 saturated carbocycles. The number of aromatic nitrogens is 3. The molecular formula is C26H28N6O4. The van der Waals surface area contributed by atoms with Gasteiger partial charge in [-0.15, -0.1) is 5.10 Å². The summed E-state index contributed by atoms with van der Waals surface area (Å²) in [6.45, 7) is 1.90. The summed E-state index contributed by atoms with van der Waals surface area (Å²) in [6.07, 6.45) is 8.55. The van der Waals surface area contributed by atoms with Crippen molar-refractivity contribution in [3.05, 3.63) is 41.2 Å². The number of nitrogens with zero attached hydrogens (tertiary/aromatic N) is 5. The second-order valence-corrected chi connectivity index (χ2v) is 11.2. The van der Waals surface area contributed by atoms with E-state index in [1.54, 1.807) is 23.0 Å². The van der Waals surface area contributed by atoms with Crippen LogP contribution in [0.5, 0.6) is 0 Å². The average Bonchev–Trinajstić information content (AvgIpc) is 3.69. The summed E-state index contributed by atoms with van der Waals surface area (Å²) >= 11 is 0. The van der Waals surface area contributed by atoms with Crippen molar-refractivity contribution in [3.63, 3.8) is 0 Å². The Hall–Kier alpha value is -3.56. The Bertz CT molecular complexity index is 1320. The molecule has 4 atom stereocenters. The third-order valence-electron chi connectivity index (χ3n) is 9.26. The number of hydrogen-bond acceptors (Lipinski definition) is 6. The number of piperidine rings is 1. The lowest BCUT2D eigenvalue weighted by atomic mass is 9.72. The van der Waals surface area contributed by atoms with Crippen LogP contribution in [0.15, 0.2) is 24.4 Å². The van der Waals surface area contributed by atoms with Crippen LogP contribution >= 0.6 is 0 Å². The van der Waals surface area contributed by atoms with E-state index in [0.717, 1.165) is 36.9 Å². The summed E-state index contributed by atoms with van der Waals surface area (Å²) in [5.41, 5.74) is 2.66. The van der Waals surface area contributed by atoms with E-state index < -0.39 is 11.9 Å². The van der Waals surface area contributed by atoms with Gasteiger partial charge >= 0.3 is 0 Å². The van der Waals surface area contributed by atoms with E-state index >= 15 is 0 Å². The van der Waals surface area contributed by atoms with Crippen molar-refractivity contribution in [2.24, 2.45) is 17.3 Å². The lowest BCUT2D eigenvalue weighted by molar-refractivity contribution is -0.136. The highest BCUT2D eigenvalue weighted by Crippen LogP contribution is 2.59. The molecule has 2 aromatic rings. The molecule has 2 aliphatic carbocycles. The predicted molar refractivity (Wildman–Crippen MR) is 126 cm³/mol. The van der Waals surface area contributed by atoms with E-state index in [1.807, 2.05) is 11.0 Å². The molecule has 2 saturated heterocycles. The Morgan fingerprint density at radius 1 is 1.14 bits per heavy atom. The Kier molecular flexibility index (Phi) is 4.65. The first-order valence-corrected chi connectivity index (χ1v) is 12.9. The molecule has 2 bridgehead atoms. The van der Waals surface area contributed by atoms with E-state index in [9.17, 15) is 19.2 Å². The van der Waals surface area contributed by atoms with Gasteiger partial charge in [0.1, 0.15) is 6.04 Å². The van der Waals surface area contributed by atoms with Gasteiger partial charge in [-0.3, -0.25) is 24.5 Å². The summed E-state index contributed by atoms with van der Waals surface area (Å²) < 4.78 is 1.57. The molecule has 10 nitrogen and oxygen atoms in total. The molecule has 4 fully saturated rings. The van der Waals surface area contributed by atoms with Crippen LogP contribution in [0, 0.1) is 17.3 Å². The molecule has 0 radical (unpaired) electrons. The first-order chi connectivity index (χ1) is 17.4. The van der Waals surface area contributed by atoms with Gasteiger partial charge in [-0.1, -0.05) is 11.6 Å². The number of fused-ring (bicyclic) bond motifs is 4. The predicted octanol–water partition coefficient (Wildman–Crippen LogP) is 1.68. The fourth-order valence-corrected chi connectivity index (χ4v) is 7.48. The Balaban J connectivity index is 1.07. The zero-order chi connectivity index (χ0) is 24.6. The summed E-state index contributed by atoms with van der Waals surface area (Å²) in [6, 6.07) is 4.69. The zero-order valence-corrected chi connectivity index (χ0v) is 20.0. The number of likely N-dealkylation sites (tertiary alicyclic amines) is 1. The second-order valence-electron chi connectivity index (χ2n) is 11.2. The summed E-state index contributed by atoms with van der Waals surface area (Å²) in [4.78, 5) is 53.4. The van der Waals surface area contributed by atoms with Crippen LogP contribution in [0.4, 0.5) is 0 Å². The first kappa shape index (κ1) is 21.7. The van der Waals surface area contributed by atoms with Crippen LogP contribution in [-0.4, -0.2) is 67.6 Å². The summed E-state index contributed by atoms with van der Waals surface area (Å²) in [7, 11) is 0. The largest absolute Gasteiger partial charge is 0.337 e. The molecule has 186 valence electrons. The minimum atomic E-state index is -0.652. The number of benzene rings is 1. The monoisotopic (exact) mass is 488 g/mol. The SMILES string of the molecule is O=C1CCC(N2Cc3cc(-n4cc(C(=O)N5CCC6(CC7CCC6C7)C5)nn4)ccc3C2=O)C(=O)N1. The molecule has 4 unspecified atom stereocenters. The van der Waals surface area contributed by atoms with Gasteiger partial charge < -0.3 is 9.80 Å². The van der Waals surface area contributed by atoms with Gasteiger partial charge in [-0.05, 0) is 73.1 Å². The normalized spacial score (nSPS) is 31.0. The van der Waals surface area contributed by atoms with Crippen LogP contribution < -0.4 is 5.32 Å². The Morgan fingerprint density at radius 3 is 2.81 bits per heavy atom. The van der Waals surface area contributed by atoms with Crippen LogP contribution in [0.3, 0.4) is 0 Å². The van der Waals surface area contributed by atoms with Crippen molar-refractivity contribution in [2.75, 3.05) is 13.1 Å². The van der Waals surface area contributed by atoms with Gasteiger partial charge in [0.15, 0.2) is 5.69 Å². The second kappa shape index (κ2) is 7.72. The first-order valence-electron chi connectivity index (χ1n) is 12.9. The fraction of sp³-hybridized carbons (Fsp3) is 0.538. The van der Waals surface area contributed by atoms with Crippen LogP contribution in [0.1, 0.15) is 71.4 Å². The quantitative estimate of drug-likeness (QED) is 0.657. The van der Waals surface area contributed by atoms with Gasteiger partial charge in [0.05, 0.1) is 11.9 Å². The van der Waals surface area contributed by atoms with Crippen LogP contribution in [0.25, 0.3) is 5.69 Å². The molecule has 4 heterocycles. The molecule has 7 rings (SSSR count). The molecule has 1 aromatic heterocycles. The minimum Gasteiger partial charge on any atom is -0.337 e. The number of rotatable bonds is 3. The number of amides is 4. The van der Waals surface area contributed by atoms with Crippen LogP contribution in [-0.2, 0) is 16.1 Å². The summed E-state index contributed by atoms with van der Waals surface area (Å²) in [5.74, 6) is 0.596. The number of hydrogen-bond donors (Lipinski definition) is 1. The van der Waals surface area contributed by atoms with Gasteiger partial charge in [0.25, 0.3) is 11.8 Å². The van der Waals surface area contributed by atoms with E-state index in [-0.39, 0.29) is 30.7 Å². The number of carbonyl (C=O) groups is 4. The molecule has 5 aliphatic rings. The zero-order valence-electron chi connectivity index (χ0n) is 20.0. The molecule has 36 heavy (non-hydrogen) atoms. The maximum absolute atomic E-state index is 13.2. The highest BCUT2D eigenvalue weighted by molar-refractivity contribution is 6.05. The summed E-state index contributed by atoms with van der Waals surface area (Å²) in [5, 5.41) is 10.7. The third-order valence-corrected chi connectivity index (χ3v) is 9.26. The highest BCUT2D eigenvalue weighted by Gasteiger charge is 2.54. The minimum absolute atomic E-state index is 0.0683. The van der Waals surface area contributed by atoms with E-state index in [1.165, 1.54) is 30.6 Å². The standard InChI is InChI=1S/C26H28N6O4/c33-22-6-5-21(23(34)27-22)31-12-16-10-18(3-4-19(16)24(31)35)32-13-20(28-29-32)25(36)30-8-7-26(14-30)11-15-1-2-17(26)9-15/h3-4,10,13,15,17,21H,1-2,5-9,11-12,14H2,(H,27,33,34). The third kappa shape index (κ3) is 3.23. The average molecular weight is 489 g/mol. The van der Waals surface area contributed by atoms with Crippen molar-refractivity contribution >= 4 is 23.6 Å². The van der Waals surface area contributed by atoms with Crippen molar-refractivity contribution in [1.82, 2.24) is 30.1 Å². The molecule has 1 spiro atoms. The number of imide groups is 1. The fourth-order valence-electron chi connectivity index (χ4n) is 7.48. The smallest absolute Gasteiger partial charge is 0.276 e. The number of carbonyl (C=O) groups excluding carboxylic acids is 4. The molecule has 10 heteroatoms. The maximum atomic E-state index is 13.2. The van der Waals surface area contributed by atoms with Crippen molar-refractivity contribution in [3.8, 4) is 5.69 Å². The Morgan fingerprint density at radius 2 is 2.03 bits per heavy atom. The van der Waals surface area contributed by atoms with Gasteiger partial charge in [-0.25, -0.2) is 4.68 Å². The van der Waals surface area contributed by atoms with Crippen molar-refractivity contribution in [1.29, 1.82) is 0 Å². The van der Waals surface area contributed by atoms with Crippen molar-refractivity contribution < 1.29 is 19.2 Å². The molecule has 4 amide bonds. The molecule has 1 aromatic carbocycles. The van der Waals surface area contributed by atoms with E-state index in [4.69, 9.17) is 0 Å².